The fraction of sp³-hybridized carbons (Fsp3) is 0.269. The van der Waals surface area contributed by atoms with Gasteiger partial charge in [0, 0.05) is 22.5 Å². The maximum Gasteiger partial charge on any atom is 0.268 e. The van der Waals surface area contributed by atoms with E-state index in [-0.39, 0.29) is 5.49 Å². The third kappa shape index (κ3) is 5.01. The molecule has 0 saturated carbocycles. The summed E-state index contributed by atoms with van der Waals surface area (Å²) in [6.45, 7) is 5.22. The number of imidazole rings is 1. The summed E-state index contributed by atoms with van der Waals surface area (Å²) in [7, 11) is 0. The molecule has 9 heteroatoms. The number of hydrogen-bond donors (Lipinski definition) is 2. The zero-order chi connectivity index (χ0) is 24.4. The second-order valence-electron chi connectivity index (χ2n) is 8.54. The van der Waals surface area contributed by atoms with Gasteiger partial charge in [0.05, 0.1) is 6.33 Å². The number of nitrogens with one attached hydrogen (secondary N) is 2. The van der Waals surface area contributed by atoms with Gasteiger partial charge in [-0.2, -0.15) is 0 Å². The molecular weight excluding hydrogens is 526 g/mol. The van der Waals surface area contributed by atoms with E-state index < -0.39 is 6.29 Å². The monoisotopic (exact) mass is 551 g/mol. The Hall–Kier alpha value is -3.04. The minimum absolute atomic E-state index is 0.166. The molecule has 5 rings (SSSR count). The Bertz CT molecular complexity index is 1420. The van der Waals surface area contributed by atoms with Gasteiger partial charge < -0.3 is 19.0 Å². The van der Waals surface area contributed by atoms with E-state index in [1.807, 2.05) is 34.9 Å². The molecule has 2 aromatic carbocycles. The Morgan fingerprint density at radius 3 is 2.71 bits per heavy atom. The number of hydrogen-bond acceptors (Lipinski definition) is 6. The molecule has 4 aromatic rings. The number of H-pyrrole nitrogens is 1. The smallest absolute Gasteiger partial charge is 0.268 e. The predicted octanol–water partition coefficient (Wildman–Crippen LogP) is 6.47. The molecule has 0 radical (unpaired) electrons. The number of halogens is 1. The summed E-state index contributed by atoms with van der Waals surface area (Å²) >= 11 is 4.88. The van der Waals surface area contributed by atoms with Crippen LogP contribution in [0.15, 0.2) is 81.9 Å². The van der Waals surface area contributed by atoms with E-state index in [1.54, 1.807) is 12.6 Å². The Balaban J connectivity index is 1.39. The van der Waals surface area contributed by atoms with Gasteiger partial charge in [0.25, 0.3) is 6.29 Å². The van der Waals surface area contributed by atoms with Crippen LogP contribution < -0.4 is 5.49 Å². The molecule has 180 valence electrons. The minimum Gasteiger partial charge on any atom is -0.454 e. The lowest BCUT2D eigenvalue weighted by Crippen LogP contribution is -2.20. The van der Waals surface area contributed by atoms with E-state index in [2.05, 4.69) is 64.0 Å². The number of rotatable bonds is 8. The van der Waals surface area contributed by atoms with Crippen LogP contribution >= 0.6 is 27.7 Å². The summed E-state index contributed by atoms with van der Waals surface area (Å²) in [5, 5.41) is 9.53. The molecule has 0 saturated heterocycles. The molecule has 0 fully saturated rings. The zero-order valence-electron chi connectivity index (χ0n) is 19.4. The van der Waals surface area contributed by atoms with Gasteiger partial charge in [0.2, 0.25) is 5.09 Å². The van der Waals surface area contributed by atoms with E-state index >= 15 is 0 Å². The van der Waals surface area contributed by atoms with Crippen molar-refractivity contribution in [3.8, 4) is 0 Å². The van der Waals surface area contributed by atoms with Crippen LogP contribution in [0.25, 0.3) is 11.2 Å². The number of aromatic nitrogens is 4. The first kappa shape index (κ1) is 23.7. The van der Waals surface area contributed by atoms with Crippen LogP contribution in [0.5, 0.6) is 0 Å². The van der Waals surface area contributed by atoms with Crippen LogP contribution in [-0.4, -0.2) is 19.5 Å². The van der Waals surface area contributed by atoms with Crippen LogP contribution in [0.4, 0.5) is 0 Å². The van der Waals surface area contributed by atoms with E-state index in [9.17, 15) is 0 Å². The minimum atomic E-state index is -0.516. The molecule has 3 unspecified atom stereocenters. The van der Waals surface area contributed by atoms with Crippen molar-refractivity contribution >= 4 is 38.9 Å². The maximum atomic E-state index is 8.31. The van der Waals surface area contributed by atoms with E-state index in [0.717, 1.165) is 23.0 Å². The second-order valence-corrected chi connectivity index (χ2v) is 10.4. The summed E-state index contributed by atoms with van der Waals surface area (Å²) in [5.41, 5.74) is 3.68. The van der Waals surface area contributed by atoms with Gasteiger partial charge in [0.1, 0.15) is 11.8 Å². The standard InChI is InChI=1S/C26H26BrN5O2S/c1-3-16(2)19(17-9-5-4-6-10-17)13-32-15-29-23(28)22-24(32)31-26(30-22)35-21-14-33-25(34-21)18-11-7-8-12-20(18)27/h4-12,14-16,19,25,28H,3,13H2,1-2H3,(H,30,31). The average Bonchev–Trinajstić information content (AvgIpc) is 3.52. The zero-order valence-corrected chi connectivity index (χ0v) is 21.8. The molecular formula is C26H26BrN5O2S. The molecule has 0 bridgehead atoms. The number of thioether (sulfide) groups is 1. The third-order valence-electron chi connectivity index (χ3n) is 6.32. The average molecular weight is 552 g/mol. The first-order valence-electron chi connectivity index (χ1n) is 11.5. The molecule has 3 heterocycles. The van der Waals surface area contributed by atoms with Gasteiger partial charge in [-0.1, -0.05) is 84.7 Å². The summed E-state index contributed by atoms with van der Waals surface area (Å²) in [6, 6.07) is 18.4. The fourth-order valence-corrected chi connectivity index (χ4v) is 5.37. The molecule has 3 atom stereocenters. The predicted molar refractivity (Wildman–Crippen MR) is 139 cm³/mol. The fourth-order valence-electron chi connectivity index (χ4n) is 4.18. The van der Waals surface area contributed by atoms with Crippen LogP contribution in [0.3, 0.4) is 0 Å². The molecule has 2 aromatic heterocycles. The van der Waals surface area contributed by atoms with Gasteiger partial charge in [0.15, 0.2) is 16.3 Å². The van der Waals surface area contributed by atoms with Crippen molar-refractivity contribution in [1.29, 1.82) is 5.41 Å². The number of fused-ring (bicyclic) bond motifs is 1. The van der Waals surface area contributed by atoms with Gasteiger partial charge in [-0.3, -0.25) is 5.41 Å². The number of ether oxygens (including phenoxy) is 2. The number of nitrogens with zero attached hydrogens (tertiary/aromatic N) is 3. The third-order valence-corrected chi connectivity index (χ3v) is 7.82. The highest BCUT2D eigenvalue weighted by molar-refractivity contribution is 9.10. The normalized spacial score (nSPS) is 17.0. The van der Waals surface area contributed by atoms with Crippen molar-refractivity contribution in [1.82, 2.24) is 19.5 Å². The molecule has 2 N–H and O–H groups in total. The number of aromatic amines is 1. The molecule has 0 spiro atoms. The molecule has 1 aliphatic heterocycles. The lowest BCUT2D eigenvalue weighted by molar-refractivity contribution is -0.0278. The Morgan fingerprint density at radius 2 is 1.94 bits per heavy atom. The molecule has 7 nitrogen and oxygen atoms in total. The van der Waals surface area contributed by atoms with Gasteiger partial charge in [-0.15, -0.1) is 0 Å². The van der Waals surface area contributed by atoms with Crippen LogP contribution in [0.2, 0.25) is 0 Å². The van der Waals surface area contributed by atoms with Crippen molar-refractivity contribution in [2.75, 3.05) is 0 Å². The second kappa shape index (κ2) is 10.3. The molecule has 1 aliphatic rings. The Labute approximate surface area is 216 Å². The summed E-state index contributed by atoms with van der Waals surface area (Å²) in [5.74, 6) is 0.784. The number of benzene rings is 2. The quantitative estimate of drug-likeness (QED) is 0.262. The maximum absolute atomic E-state index is 8.31. The van der Waals surface area contributed by atoms with E-state index in [4.69, 9.17) is 19.9 Å². The van der Waals surface area contributed by atoms with E-state index in [1.165, 1.54) is 17.3 Å². The lowest BCUT2D eigenvalue weighted by Gasteiger charge is -2.24. The van der Waals surface area contributed by atoms with Crippen molar-refractivity contribution in [2.45, 2.75) is 44.2 Å². The summed E-state index contributed by atoms with van der Waals surface area (Å²) < 4.78 is 14.7. The van der Waals surface area contributed by atoms with Gasteiger partial charge in [-0.25, -0.2) is 9.97 Å². The topological polar surface area (TPSA) is 88.8 Å². The largest absolute Gasteiger partial charge is 0.454 e. The van der Waals surface area contributed by atoms with Gasteiger partial charge >= 0.3 is 0 Å². The molecule has 0 aliphatic carbocycles. The van der Waals surface area contributed by atoms with Crippen molar-refractivity contribution in [2.24, 2.45) is 5.92 Å². The van der Waals surface area contributed by atoms with Crippen molar-refractivity contribution in [3.63, 3.8) is 0 Å². The molecule has 35 heavy (non-hydrogen) atoms. The first-order chi connectivity index (χ1) is 17.0. The van der Waals surface area contributed by atoms with Crippen molar-refractivity contribution in [3.05, 3.63) is 93.4 Å². The summed E-state index contributed by atoms with van der Waals surface area (Å²) in [6.07, 6.45) is 3.87. The lowest BCUT2D eigenvalue weighted by atomic mass is 9.85. The van der Waals surface area contributed by atoms with Crippen LogP contribution in [0.1, 0.15) is 43.6 Å². The highest BCUT2D eigenvalue weighted by Gasteiger charge is 2.26. The summed E-state index contributed by atoms with van der Waals surface area (Å²) in [4.78, 5) is 12.4. The molecule has 0 amide bonds. The van der Waals surface area contributed by atoms with Gasteiger partial charge in [-0.05, 0) is 29.3 Å². The van der Waals surface area contributed by atoms with E-state index in [0.29, 0.717) is 33.2 Å². The SMILES string of the molecule is CCC(C)C(Cn1cnc(=N)c2[nH]c(SC3=COC(c4ccccc4Br)O3)nc21)c1ccccc1. The van der Waals surface area contributed by atoms with Crippen molar-refractivity contribution < 1.29 is 9.47 Å². The first-order valence-corrected chi connectivity index (χ1v) is 13.1. The Morgan fingerprint density at radius 1 is 1.17 bits per heavy atom. The highest BCUT2D eigenvalue weighted by atomic mass is 79.9. The Kier molecular flexibility index (Phi) is 6.97. The highest BCUT2D eigenvalue weighted by Crippen LogP contribution is 2.39. The van der Waals surface area contributed by atoms with Crippen LogP contribution in [0, 0.1) is 11.3 Å². The van der Waals surface area contributed by atoms with Crippen LogP contribution in [-0.2, 0) is 16.0 Å².